The second-order valence-corrected chi connectivity index (χ2v) is 8.49. The minimum Gasteiger partial charge on any atom is -0.396 e. The molecule has 168 valence electrons. The van der Waals surface area contributed by atoms with Gasteiger partial charge in [0.1, 0.15) is 0 Å². The number of ether oxygens (including phenoxy) is 1. The molecule has 1 aliphatic rings. The number of nitrogens with one attached hydrogen (secondary N) is 1. The molecule has 0 bridgehead atoms. The summed E-state index contributed by atoms with van der Waals surface area (Å²) in [6, 6.07) is 0.196. The summed E-state index contributed by atoms with van der Waals surface area (Å²) in [5, 5.41) is 22.2. The summed E-state index contributed by atoms with van der Waals surface area (Å²) < 4.78 is 5.63. The summed E-state index contributed by atoms with van der Waals surface area (Å²) in [7, 11) is 1.73. The molecule has 0 aromatic heterocycles. The fraction of sp³-hybridized carbons (Fsp3) is 0.792. The van der Waals surface area contributed by atoms with Gasteiger partial charge in [-0.05, 0) is 58.3 Å². The lowest BCUT2D eigenvalue weighted by atomic mass is 9.89. The molecule has 0 aromatic carbocycles. The molecule has 1 unspecified atom stereocenters. The molecule has 0 heterocycles. The molecular weight excluding hydrogens is 366 g/mol. The summed E-state index contributed by atoms with van der Waals surface area (Å²) in [6.07, 6.45) is 17.6. The van der Waals surface area contributed by atoms with E-state index in [0.717, 1.165) is 51.4 Å². The molecule has 0 spiro atoms. The van der Waals surface area contributed by atoms with Crippen LogP contribution in [0.2, 0.25) is 0 Å². The number of allylic oxidation sites excluding steroid dienone is 3. The van der Waals surface area contributed by atoms with Crippen LogP contribution in [0.25, 0.3) is 0 Å². The van der Waals surface area contributed by atoms with Crippen LogP contribution in [0.4, 0.5) is 0 Å². The van der Waals surface area contributed by atoms with Crippen LogP contribution in [0.5, 0.6) is 0 Å². The topological polar surface area (TPSA) is 78.8 Å². The normalized spacial score (nSPS) is 24.9. The molecule has 5 nitrogen and oxygen atoms in total. The molecule has 0 radical (unpaired) electrons. The van der Waals surface area contributed by atoms with Gasteiger partial charge >= 0.3 is 0 Å². The molecule has 1 rings (SSSR count). The minimum absolute atomic E-state index is 0.0776. The lowest BCUT2D eigenvalue weighted by Crippen LogP contribution is -2.29. The van der Waals surface area contributed by atoms with Crippen molar-refractivity contribution in [1.82, 2.24) is 5.32 Å². The molecular formula is C24H43NO4. The van der Waals surface area contributed by atoms with Gasteiger partial charge in [0.25, 0.3) is 0 Å². The van der Waals surface area contributed by atoms with Crippen LogP contribution in [0.1, 0.15) is 78.1 Å². The summed E-state index contributed by atoms with van der Waals surface area (Å²) in [6.45, 7) is 4.23. The van der Waals surface area contributed by atoms with Crippen molar-refractivity contribution in [3.8, 4) is 0 Å². The monoisotopic (exact) mass is 409 g/mol. The maximum Gasteiger partial charge on any atom is 0.220 e. The van der Waals surface area contributed by atoms with Crippen LogP contribution in [-0.4, -0.2) is 48.1 Å². The number of aliphatic hydroxyl groups is 2. The van der Waals surface area contributed by atoms with Crippen molar-refractivity contribution >= 4 is 5.91 Å². The van der Waals surface area contributed by atoms with Gasteiger partial charge in [-0.1, -0.05) is 37.1 Å². The lowest BCUT2D eigenvalue weighted by Gasteiger charge is -2.20. The third kappa shape index (κ3) is 11.0. The predicted molar refractivity (Wildman–Crippen MR) is 119 cm³/mol. The van der Waals surface area contributed by atoms with E-state index in [2.05, 4.69) is 29.6 Å². The van der Waals surface area contributed by atoms with Crippen LogP contribution >= 0.6 is 0 Å². The van der Waals surface area contributed by atoms with E-state index in [4.69, 9.17) is 9.84 Å². The van der Waals surface area contributed by atoms with Crippen molar-refractivity contribution in [2.75, 3.05) is 13.7 Å². The smallest absolute Gasteiger partial charge is 0.220 e. The Morgan fingerprint density at radius 3 is 2.52 bits per heavy atom. The van der Waals surface area contributed by atoms with E-state index in [1.165, 1.54) is 0 Å². The third-order valence-corrected chi connectivity index (χ3v) is 5.63. The first kappa shape index (κ1) is 25.9. The van der Waals surface area contributed by atoms with Crippen molar-refractivity contribution < 1.29 is 19.7 Å². The Bertz CT molecular complexity index is 489. The number of rotatable bonds is 15. The van der Waals surface area contributed by atoms with Gasteiger partial charge < -0.3 is 20.3 Å². The lowest BCUT2D eigenvalue weighted by molar-refractivity contribution is -0.121. The van der Waals surface area contributed by atoms with Gasteiger partial charge in [0.2, 0.25) is 5.91 Å². The van der Waals surface area contributed by atoms with Crippen LogP contribution in [0.15, 0.2) is 24.3 Å². The van der Waals surface area contributed by atoms with Crippen molar-refractivity contribution in [3.05, 3.63) is 24.3 Å². The second kappa shape index (κ2) is 15.6. The fourth-order valence-electron chi connectivity index (χ4n) is 4.06. The number of unbranched alkanes of at least 4 members (excludes halogenated alkanes) is 5. The van der Waals surface area contributed by atoms with E-state index in [-0.39, 0.29) is 42.6 Å². The average molecular weight is 410 g/mol. The Balaban J connectivity index is 2.38. The maximum atomic E-state index is 11.6. The third-order valence-electron chi connectivity index (χ3n) is 5.63. The van der Waals surface area contributed by atoms with Crippen molar-refractivity contribution in [3.63, 3.8) is 0 Å². The zero-order chi connectivity index (χ0) is 21.5. The van der Waals surface area contributed by atoms with Gasteiger partial charge in [0, 0.05) is 38.5 Å². The van der Waals surface area contributed by atoms with E-state index in [0.29, 0.717) is 12.8 Å². The molecule has 29 heavy (non-hydrogen) atoms. The molecule has 5 heteroatoms. The van der Waals surface area contributed by atoms with Gasteiger partial charge in [0.05, 0.1) is 12.2 Å². The van der Waals surface area contributed by atoms with Gasteiger partial charge in [-0.2, -0.15) is 0 Å². The summed E-state index contributed by atoms with van der Waals surface area (Å²) in [5.41, 5.74) is 0. The SMILES string of the molecule is CO[C@@H]1C[C@H](O)C(CC=CCCCC(=O)NC(C)C)[C@H]1C=CCCCCCCO. The standard InChI is InChI=1S/C24H43NO4/c1-19(2)25-24(28)16-12-8-7-10-14-20-21(23(29-3)18-22(20)27)15-11-6-4-5-9-13-17-26/h7,10-11,15,19-23,26-27H,4-6,8-9,12-14,16-18H2,1-3H3,(H,25,28)/t20?,21-,22+,23-/m1/s1. The van der Waals surface area contributed by atoms with Crippen LogP contribution in [0, 0.1) is 11.8 Å². The van der Waals surface area contributed by atoms with Crippen LogP contribution in [-0.2, 0) is 9.53 Å². The molecule has 4 atom stereocenters. The fourth-order valence-corrected chi connectivity index (χ4v) is 4.06. The zero-order valence-electron chi connectivity index (χ0n) is 18.7. The summed E-state index contributed by atoms with van der Waals surface area (Å²) in [5.74, 6) is 0.545. The van der Waals surface area contributed by atoms with Crippen molar-refractivity contribution in [1.29, 1.82) is 0 Å². The number of hydrogen-bond acceptors (Lipinski definition) is 4. The first-order valence-electron chi connectivity index (χ1n) is 11.4. The number of carbonyl (C=O) groups is 1. The van der Waals surface area contributed by atoms with Gasteiger partial charge in [-0.25, -0.2) is 0 Å². The largest absolute Gasteiger partial charge is 0.396 e. The van der Waals surface area contributed by atoms with E-state index < -0.39 is 0 Å². The molecule has 1 aliphatic carbocycles. The molecule has 1 fully saturated rings. The number of amides is 1. The highest BCUT2D eigenvalue weighted by molar-refractivity contribution is 5.76. The zero-order valence-corrected chi connectivity index (χ0v) is 18.7. The Morgan fingerprint density at radius 1 is 1.10 bits per heavy atom. The van der Waals surface area contributed by atoms with Gasteiger partial charge in [-0.15, -0.1) is 0 Å². The first-order valence-corrected chi connectivity index (χ1v) is 11.4. The van der Waals surface area contributed by atoms with Gasteiger partial charge in [-0.3, -0.25) is 4.79 Å². The highest BCUT2D eigenvalue weighted by Crippen LogP contribution is 2.38. The number of hydrogen-bond donors (Lipinski definition) is 3. The summed E-state index contributed by atoms with van der Waals surface area (Å²) >= 11 is 0. The number of carbonyl (C=O) groups excluding carboxylic acids is 1. The molecule has 3 N–H and O–H groups in total. The maximum absolute atomic E-state index is 11.6. The highest BCUT2D eigenvalue weighted by Gasteiger charge is 2.40. The molecule has 1 amide bonds. The minimum atomic E-state index is -0.333. The second-order valence-electron chi connectivity index (χ2n) is 8.49. The molecule has 1 saturated carbocycles. The Kier molecular flexibility index (Phi) is 14.0. The van der Waals surface area contributed by atoms with E-state index in [1.807, 2.05) is 13.8 Å². The summed E-state index contributed by atoms with van der Waals surface area (Å²) in [4.78, 5) is 11.6. The predicted octanol–water partition coefficient (Wildman–Crippen LogP) is 4.14. The molecule has 0 aliphatic heterocycles. The van der Waals surface area contributed by atoms with E-state index in [1.54, 1.807) is 7.11 Å². The van der Waals surface area contributed by atoms with Crippen LogP contribution in [0.3, 0.4) is 0 Å². The average Bonchev–Trinajstić information content (AvgIpc) is 2.98. The number of aliphatic hydroxyl groups excluding tert-OH is 2. The molecule has 0 aromatic rings. The van der Waals surface area contributed by atoms with E-state index >= 15 is 0 Å². The Morgan fingerprint density at radius 2 is 1.83 bits per heavy atom. The Hall–Kier alpha value is -1.17. The first-order chi connectivity index (χ1) is 14.0. The van der Waals surface area contributed by atoms with Gasteiger partial charge in [0.15, 0.2) is 0 Å². The quantitative estimate of drug-likeness (QED) is 0.281. The highest BCUT2D eigenvalue weighted by atomic mass is 16.5. The van der Waals surface area contributed by atoms with E-state index in [9.17, 15) is 9.90 Å². The number of methoxy groups -OCH3 is 1. The van der Waals surface area contributed by atoms with Crippen LogP contribution < -0.4 is 5.32 Å². The Labute approximate surface area is 177 Å². The van der Waals surface area contributed by atoms with Crippen molar-refractivity contribution in [2.24, 2.45) is 11.8 Å². The molecule has 0 saturated heterocycles. The van der Waals surface area contributed by atoms with Crippen molar-refractivity contribution in [2.45, 2.75) is 96.3 Å².